The van der Waals surface area contributed by atoms with E-state index in [0.29, 0.717) is 17.0 Å². The second-order valence-corrected chi connectivity index (χ2v) is 13.4. The van der Waals surface area contributed by atoms with Gasteiger partial charge in [0.25, 0.3) is 5.91 Å². The lowest BCUT2D eigenvalue weighted by Crippen LogP contribution is -2.71. The number of nitrogens with zero attached hydrogens (tertiary/aromatic N) is 1. The standard InChI is InChI=1S/C19H25N3O4SSi/c1-11-10-27-18-14(21-16(23)13(20)12-8-6-5-7-9-12)17(24)22(18)15(11)19(25)26-28(2,3)4/h5-9,13-14,18H,10,20H2,1-4H3,(H,21,23)/t13-,14-,18-/m1/s1. The van der Waals surface area contributed by atoms with Crippen LogP contribution in [0.1, 0.15) is 18.5 Å². The highest BCUT2D eigenvalue weighted by Crippen LogP contribution is 2.40. The molecule has 0 aliphatic carbocycles. The minimum atomic E-state index is -2.09. The summed E-state index contributed by atoms with van der Waals surface area (Å²) in [6.07, 6.45) is 0. The maximum atomic E-state index is 12.7. The van der Waals surface area contributed by atoms with Crippen LogP contribution in [0.2, 0.25) is 19.6 Å². The minimum Gasteiger partial charge on any atom is -0.515 e. The van der Waals surface area contributed by atoms with Crippen molar-refractivity contribution >= 4 is 37.9 Å². The predicted octanol–water partition coefficient (Wildman–Crippen LogP) is 1.74. The zero-order valence-corrected chi connectivity index (χ0v) is 18.2. The van der Waals surface area contributed by atoms with Crippen molar-refractivity contribution in [3.8, 4) is 0 Å². The van der Waals surface area contributed by atoms with Gasteiger partial charge in [-0.1, -0.05) is 30.3 Å². The van der Waals surface area contributed by atoms with Crippen LogP contribution in [-0.2, 0) is 18.8 Å². The van der Waals surface area contributed by atoms with Crippen molar-refractivity contribution in [2.24, 2.45) is 5.73 Å². The van der Waals surface area contributed by atoms with Crippen molar-refractivity contribution in [3.63, 3.8) is 0 Å². The lowest BCUT2D eigenvalue weighted by molar-refractivity contribution is -0.150. The maximum absolute atomic E-state index is 12.7. The van der Waals surface area contributed by atoms with E-state index < -0.39 is 32.3 Å². The molecule has 7 nitrogen and oxygen atoms in total. The fraction of sp³-hybridized carbons (Fsp3) is 0.421. The third-order valence-electron chi connectivity index (χ3n) is 4.49. The van der Waals surface area contributed by atoms with Crippen molar-refractivity contribution in [2.45, 2.75) is 44.0 Å². The molecule has 150 valence electrons. The number of hydrogen-bond donors (Lipinski definition) is 2. The van der Waals surface area contributed by atoms with Crippen LogP contribution in [0.4, 0.5) is 0 Å². The monoisotopic (exact) mass is 419 g/mol. The van der Waals surface area contributed by atoms with E-state index in [2.05, 4.69) is 5.32 Å². The summed E-state index contributed by atoms with van der Waals surface area (Å²) in [6, 6.07) is 7.44. The molecule has 1 aromatic carbocycles. The van der Waals surface area contributed by atoms with Gasteiger partial charge in [0.1, 0.15) is 23.2 Å². The van der Waals surface area contributed by atoms with E-state index in [1.54, 1.807) is 24.3 Å². The summed E-state index contributed by atoms with van der Waals surface area (Å²) in [4.78, 5) is 39.3. The molecule has 2 heterocycles. The Morgan fingerprint density at radius 2 is 1.93 bits per heavy atom. The molecule has 1 saturated heterocycles. The Balaban J connectivity index is 1.71. The molecule has 0 radical (unpaired) electrons. The van der Waals surface area contributed by atoms with Crippen molar-refractivity contribution in [1.82, 2.24) is 10.2 Å². The number of amides is 2. The normalized spacial score (nSPS) is 22.9. The highest BCUT2D eigenvalue weighted by molar-refractivity contribution is 8.00. The SMILES string of the molecule is CC1=C(C(=O)O[Si](C)(C)C)N2C(=O)[C@@H](NC(=O)[C@H](N)c3ccccc3)[C@H]2SC1. The molecule has 0 bridgehead atoms. The Hall–Kier alpha value is -2.10. The van der Waals surface area contributed by atoms with Gasteiger partial charge >= 0.3 is 5.97 Å². The molecule has 9 heteroatoms. The van der Waals surface area contributed by atoms with Gasteiger partial charge in [0.15, 0.2) is 0 Å². The molecular weight excluding hydrogens is 394 g/mol. The lowest BCUT2D eigenvalue weighted by atomic mass is 10.0. The van der Waals surface area contributed by atoms with E-state index in [4.69, 9.17) is 10.2 Å². The lowest BCUT2D eigenvalue weighted by Gasteiger charge is -2.50. The number of fused-ring (bicyclic) bond motifs is 1. The van der Waals surface area contributed by atoms with Crippen LogP contribution in [0.25, 0.3) is 0 Å². The van der Waals surface area contributed by atoms with E-state index in [0.717, 1.165) is 5.57 Å². The third kappa shape index (κ3) is 4.01. The van der Waals surface area contributed by atoms with Gasteiger partial charge in [0.05, 0.1) is 0 Å². The van der Waals surface area contributed by atoms with Crippen LogP contribution in [0, 0.1) is 0 Å². The number of carbonyl (C=O) groups excluding carboxylic acids is 3. The smallest absolute Gasteiger partial charge is 0.341 e. The Bertz CT molecular complexity index is 837. The average molecular weight is 420 g/mol. The maximum Gasteiger partial charge on any atom is 0.341 e. The molecule has 0 spiro atoms. The van der Waals surface area contributed by atoms with E-state index in [-0.39, 0.29) is 11.3 Å². The first-order chi connectivity index (χ1) is 13.1. The second kappa shape index (κ2) is 7.73. The van der Waals surface area contributed by atoms with Gasteiger partial charge in [0, 0.05) is 5.75 Å². The molecule has 3 atom stereocenters. The van der Waals surface area contributed by atoms with Crippen molar-refractivity contribution in [3.05, 3.63) is 47.2 Å². The molecule has 0 saturated carbocycles. The van der Waals surface area contributed by atoms with Gasteiger partial charge in [-0.2, -0.15) is 0 Å². The second-order valence-electron chi connectivity index (χ2n) is 7.92. The van der Waals surface area contributed by atoms with Crippen LogP contribution in [0.15, 0.2) is 41.6 Å². The highest BCUT2D eigenvalue weighted by atomic mass is 32.2. The van der Waals surface area contributed by atoms with E-state index in [1.165, 1.54) is 16.7 Å². The molecule has 1 aromatic rings. The fourth-order valence-electron chi connectivity index (χ4n) is 3.14. The molecule has 1 fully saturated rings. The summed E-state index contributed by atoms with van der Waals surface area (Å²) >= 11 is 1.52. The Morgan fingerprint density at radius 3 is 2.54 bits per heavy atom. The van der Waals surface area contributed by atoms with Crippen LogP contribution in [-0.4, -0.2) is 48.2 Å². The number of nitrogens with one attached hydrogen (secondary N) is 1. The number of benzene rings is 1. The molecule has 2 amide bonds. The Morgan fingerprint density at radius 1 is 1.29 bits per heavy atom. The first-order valence-corrected chi connectivity index (χ1v) is 13.5. The Kier molecular flexibility index (Phi) is 5.69. The van der Waals surface area contributed by atoms with Gasteiger partial charge in [-0.15, -0.1) is 11.8 Å². The van der Waals surface area contributed by atoms with Crippen LogP contribution in [0.5, 0.6) is 0 Å². The number of hydrogen-bond acceptors (Lipinski definition) is 6. The van der Waals surface area contributed by atoms with Gasteiger partial charge in [-0.05, 0) is 37.7 Å². The van der Waals surface area contributed by atoms with Gasteiger partial charge in [-0.3, -0.25) is 14.5 Å². The van der Waals surface area contributed by atoms with E-state index in [9.17, 15) is 14.4 Å². The predicted molar refractivity (Wildman–Crippen MR) is 111 cm³/mol. The summed E-state index contributed by atoms with van der Waals surface area (Å²) in [6.45, 7) is 7.58. The summed E-state index contributed by atoms with van der Waals surface area (Å²) < 4.78 is 5.59. The van der Waals surface area contributed by atoms with Crippen LogP contribution < -0.4 is 11.1 Å². The van der Waals surface area contributed by atoms with Gasteiger partial charge < -0.3 is 15.5 Å². The molecule has 0 aromatic heterocycles. The number of nitrogens with two attached hydrogens (primary N) is 1. The zero-order chi connectivity index (χ0) is 20.6. The summed E-state index contributed by atoms with van der Waals surface area (Å²) in [5.41, 5.74) is 7.82. The number of carbonyl (C=O) groups is 3. The summed E-state index contributed by atoms with van der Waals surface area (Å²) in [5, 5.41) is 2.42. The Labute approximate surface area is 169 Å². The average Bonchev–Trinajstić information content (AvgIpc) is 2.64. The molecule has 28 heavy (non-hydrogen) atoms. The quantitative estimate of drug-likeness (QED) is 0.557. The van der Waals surface area contributed by atoms with E-state index >= 15 is 0 Å². The molecule has 3 N–H and O–H groups in total. The summed E-state index contributed by atoms with van der Waals surface area (Å²) in [7, 11) is -2.09. The van der Waals surface area contributed by atoms with E-state index in [1.807, 2.05) is 32.6 Å². The number of rotatable bonds is 5. The van der Waals surface area contributed by atoms with Crippen LogP contribution >= 0.6 is 11.8 Å². The fourth-order valence-corrected chi connectivity index (χ4v) is 5.09. The zero-order valence-electron chi connectivity index (χ0n) is 16.4. The largest absolute Gasteiger partial charge is 0.515 e. The first kappa shape index (κ1) is 20.6. The summed E-state index contributed by atoms with van der Waals surface area (Å²) in [5.74, 6) is -0.585. The molecular formula is C19H25N3O4SSi. The molecule has 3 rings (SSSR count). The topological polar surface area (TPSA) is 102 Å². The van der Waals surface area contributed by atoms with Gasteiger partial charge in [0.2, 0.25) is 14.2 Å². The first-order valence-electron chi connectivity index (χ1n) is 9.09. The van der Waals surface area contributed by atoms with Gasteiger partial charge in [-0.25, -0.2) is 4.79 Å². The van der Waals surface area contributed by atoms with Crippen LogP contribution in [0.3, 0.4) is 0 Å². The molecule has 0 unspecified atom stereocenters. The third-order valence-corrected chi connectivity index (χ3v) is 6.71. The molecule has 2 aliphatic heterocycles. The number of thioether (sulfide) groups is 1. The van der Waals surface area contributed by atoms with Crippen molar-refractivity contribution in [1.29, 1.82) is 0 Å². The minimum absolute atomic E-state index is 0.312. The van der Waals surface area contributed by atoms with Crippen molar-refractivity contribution < 1.29 is 18.8 Å². The highest BCUT2D eigenvalue weighted by Gasteiger charge is 2.54. The molecule has 2 aliphatic rings. The number of β-lactam (4-membered cyclic amide) rings is 1. The van der Waals surface area contributed by atoms with Crippen molar-refractivity contribution in [2.75, 3.05) is 5.75 Å².